The lowest BCUT2D eigenvalue weighted by Crippen LogP contribution is -2.38. The maximum atomic E-state index is 8.87. The number of aliphatic hydroxyl groups is 1. The molecule has 0 aromatic heterocycles. The van der Waals surface area contributed by atoms with Gasteiger partial charge in [0.25, 0.3) is 0 Å². The molecule has 0 radical (unpaired) electrons. The van der Waals surface area contributed by atoms with Crippen molar-refractivity contribution in [3.63, 3.8) is 0 Å². The Kier molecular flexibility index (Phi) is 10.1. The smallest absolute Gasteiger partial charge is 0.191 e. The number of aliphatic hydroxyl groups excluding tert-OH is 1. The molecule has 1 aliphatic rings. The van der Waals surface area contributed by atoms with Crippen molar-refractivity contribution >= 4 is 5.96 Å². The Balaban J connectivity index is 1.57. The first-order valence-electron chi connectivity index (χ1n) is 9.82. The number of rotatable bonds is 10. The maximum Gasteiger partial charge on any atom is 0.191 e. The fourth-order valence-corrected chi connectivity index (χ4v) is 3.10. The van der Waals surface area contributed by atoms with Crippen molar-refractivity contribution in [2.75, 3.05) is 45.9 Å². The molecule has 1 aromatic rings. The number of guanidine groups is 1. The van der Waals surface area contributed by atoms with E-state index < -0.39 is 0 Å². The van der Waals surface area contributed by atoms with E-state index in [1.165, 1.54) is 5.56 Å². The van der Waals surface area contributed by atoms with Gasteiger partial charge in [-0.1, -0.05) is 30.3 Å². The number of hydrogen-bond acceptors (Lipinski definition) is 4. The van der Waals surface area contributed by atoms with Gasteiger partial charge in [-0.3, -0.25) is 9.89 Å². The van der Waals surface area contributed by atoms with Crippen LogP contribution in [0.5, 0.6) is 0 Å². The molecule has 0 bridgehead atoms. The summed E-state index contributed by atoms with van der Waals surface area (Å²) in [7, 11) is 0. The first kappa shape index (κ1) is 20.7. The lowest BCUT2D eigenvalue weighted by atomic mass is 10.1. The summed E-state index contributed by atoms with van der Waals surface area (Å²) in [6.45, 7) is 8.20. The minimum absolute atomic E-state index is 0.108. The summed E-state index contributed by atoms with van der Waals surface area (Å²) in [5, 5.41) is 15.1. The standard InChI is InChI=1S/C20H34N4O2/c1-2-21-20(23-12-15-25)22-11-6-16-26-19-9-13-24(14-10-19)17-18-7-4-3-5-8-18/h3-5,7-8,19,25H,2,6,9-17H2,1H3,(H2,21,22,23). The zero-order valence-corrected chi connectivity index (χ0v) is 16.0. The van der Waals surface area contributed by atoms with Crippen LogP contribution >= 0.6 is 0 Å². The molecule has 0 aliphatic carbocycles. The van der Waals surface area contributed by atoms with Gasteiger partial charge in [-0.2, -0.15) is 0 Å². The fraction of sp³-hybridized carbons (Fsp3) is 0.650. The average molecular weight is 363 g/mol. The molecule has 1 heterocycles. The summed E-state index contributed by atoms with van der Waals surface area (Å²) in [6.07, 6.45) is 3.51. The van der Waals surface area contributed by atoms with Crippen LogP contribution in [0.15, 0.2) is 35.3 Å². The number of piperidine rings is 1. The third kappa shape index (κ3) is 8.17. The minimum Gasteiger partial charge on any atom is -0.395 e. The molecule has 6 nitrogen and oxygen atoms in total. The first-order valence-corrected chi connectivity index (χ1v) is 9.82. The molecule has 6 heteroatoms. The van der Waals surface area contributed by atoms with Crippen LogP contribution in [0.2, 0.25) is 0 Å². The van der Waals surface area contributed by atoms with E-state index in [0.717, 1.165) is 64.6 Å². The van der Waals surface area contributed by atoms with Crippen LogP contribution in [-0.2, 0) is 11.3 Å². The largest absolute Gasteiger partial charge is 0.395 e. The Morgan fingerprint density at radius 3 is 2.69 bits per heavy atom. The van der Waals surface area contributed by atoms with E-state index in [2.05, 4.69) is 50.9 Å². The van der Waals surface area contributed by atoms with Gasteiger partial charge in [-0.15, -0.1) is 0 Å². The summed E-state index contributed by atoms with van der Waals surface area (Å²) in [6, 6.07) is 10.7. The van der Waals surface area contributed by atoms with Crippen molar-refractivity contribution in [1.29, 1.82) is 0 Å². The third-order valence-corrected chi connectivity index (χ3v) is 4.46. The lowest BCUT2D eigenvalue weighted by Gasteiger charge is -2.31. The molecule has 0 atom stereocenters. The van der Waals surface area contributed by atoms with Crippen LogP contribution in [0.1, 0.15) is 31.7 Å². The number of aliphatic imine (C=N–C) groups is 1. The highest BCUT2D eigenvalue weighted by Gasteiger charge is 2.19. The highest BCUT2D eigenvalue weighted by molar-refractivity contribution is 5.79. The van der Waals surface area contributed by atoms with Crippen LogP contribution in [0, 0.1) is 0 Å². The van der Waals surface area contributed by atoms with Crippen molar-refractivity contribution in [2.45, 2.75) is 38.8 Å². The molecule has 3 N–H and O–H groups in total. The zero-order valence-electron chi connectivity index (χ0n) is 16.0. The van der Waals surface area contributed by atoms with E-state index in [9.17, 15) is 0 Å². The van der Waals surface area contributed by atoms with Crippen LogP contribution in [0.3, 0.4) is 0 Å². The summed E-state index contributed by atoms with van der Waals surface area (Å²) < 4.78 is 6.03. The van der Waals surface area contributed by atoms with E-state index >= 15 is 0 Å². The van der Waals surface area contributed by atoms with Crippen molar-refractivity contribution < 1.29 is 9.84 Å². The van der Waals surface area contributed by atoms with E-state index in [4.69, 9.17) is 9.84 Å². The van der Waals surface area contributed by atoms with Crippen LogP contribution in [-0.4, -0.2) is 68.0 Å². The molecule has 2 rings (SSSR count). The Morgan fingerprint density at radius 2 is 2.00 bits per heavy atom. The molecular weight excluding hydrogens is 328 g/mol. The number of nitrogens with zero attached hydrogens (tertiary/aromatic N) is 2. The molecule has 0 unspecified atom stereocenters. The van der Waals surface area contributed by atoms with Gasteiger partial charge in [-0.05, 0) is 31.7 Å². The van der Waals surface area contributed by atoms with Gasteiger partial charge >= 0.3 is 0 Å². The number of hydrogen-bond donors (Lipinski definition) is 3. The monoisotopic (exact) mass is 362 g/mol. The maximum absolute atomic E-state index is 8.87. The van der Waals surface area contributed by atoms with Crippen LogP contribution < -0.4 is 10.6 Å². The highest BCUT2D eigenvalue weighted by Crippen LogP contribution is 2.16. The Bertz CT molecular complexity index is 502. The molecular formula is C20H34N4O2. The number of likely N-dealkylation sites (tertiary alicyclic amines) is 1. The summed E-state index contributed by atoms with van der Waals surface area (Å²) in [5.41, 5.74) is 1.39. The van der Waals surface area contributed by atoms with Gasteiger partial charge in [0.05, 0.1) is 12.7 Å². The van der Waals surface area contributed by atoms with E-state index in [-0.39, 0.29) is 6.61 Å². The minimum atomic E-state index is 0.108. The van der Waals surface area contributed by atoms with Gasteiger partial charge in [0.2, 0.25) is 0 Å². The molecule has 0 saturated carbocycles. The third-order valence-electron chi connectivity index (χ3n) is 4.46. The second kappa shape index (κ2) is 12.7. The Hall–Kier alpha value is -1.63. The van der Waals surface area contributed by atoms with Crippen molar-refractivity contribution in [3.8, 4) is 0 Å². The first-order chi connectivity index (χ1) is 12.8. The molecule has 1 saturated heterocycles. The number of benzene rings is 1. The Labute approximate surface area is 157 Å². The molecule has 0 amide bonds. The average Bonchev–Trinajstić information content (AvgIpc) is 2.68. The summed E-state index contributed by atoms with van der Waals surface area (Å²) in [5.74, 6) is 0.760. The normalized spacial score (nSPS) is 16.6. The zero-order chi connectivity index (χ0) is 18.5. The molecule has 1 aromatic carbocycles. The summed E-state index contributed by atoms with van der Waals surface area (Å²) >= 11 is 0. The highest BCUT2D eigenvalue weighted by atomic mass is 16.5. The molecule has 1 aliphatic heterocycles. The van der Waals surface area contributed by atoms with E-state index in [0.29, 0.717) is 12.6 Å². The van der Waals surface area contributed by atoms with Crippen molar-refractivity contribution in [1.82, 2.24) is 15.5 Å². The summed E-state index contributed by atoms with van der Waals surface area (Å²) in [4.78, 5) is 7.00. The quantitative estimate of drug-likeness (QED) is 0.335. The second-order valence-electron chi connectivity index (χ2n) is 6.60. The predicted octanol–water partition coefficient (Wildman–Crippen LogP) is 1.61. The Morgan fingerprint density at radius 1 is 1.23 bits per heavy atom. The van der Waals surface area contributed by atoms with Crippen molar-refractivity contribution in [3.05, 3.63) is 35.9 Å². The fourth-order valence-electron chi connectivity index (χ4n) is 3.10. The molecule has 0 spiro atoms. The van der Waals surface area contributed by atoms with E-state index in [1.807, 2.05) is 6.92 Å². The van der Waals surface area contributed by atoms with Gasteiger partial charge in [0, 0.05) is 45.9 Å². The predicted molar refractivity (Wildman–Crippen MR) is 106 cm³/mol. The van der Waals surface area contributed by atoms with Gasteiger partial charge in [-0.25, -0.2) is 0 Å². The molecule has 1 fully saturated rings. The second-order valence-corrected chi connectivity index (χ2v) is 6.60. The van der Waals surface area contributed by atoms with Gasteiger partial charge in [0.1, 0.15) is 0 Å². The van der Waals surface area contributed by atoms with E-state index in [1.54, 1.807) is 0 Å². The topological polar surface area (TPSA) is 69.1 Å². The molecule has 26 heavy (non-hydrogen) atoms. The van der Waals surface area contributed by atoms with Gasteiger partial charge in [0.15, 0.2) is 5.96 Å². The lowest BCUT2D eigenvalue weighted by molar-refractivity contribution is 0.00566. The number of ether oxygens (including phenoxy) is 1. The number of nitrogens with one attached hydrogen (secondary N) is 2. The molecule has 146 valence electrons. The van der Waals surface area contributed by atoms with Gasteiger partial charge < -0.3 is 20.5 Å². The van der Waals surface area contributed by atoms with Crippen molar-refractivity contribution in [2.24, 2.45) is 4.99 Å². The van der Waals surface area contributed by atoms with Crippen LogP contribution in [0.25, 0.3) is 0 Å². The SMILES string of the molecule is CCNC(=NCCCOC1CCN(Cc2ccccc2)CC1)NCCO. The van der Waals surface area contributed by atoms with Crippen LogP contribution in [0.4, 0.5) is 0 Å².